The van der Waals surface area contributed by atoms with Crippen LogP contribution in [0.2, 0.25) is 39.3 Å². The molecule has 1 nitrogen and oxygen atoms in total. The van der Waals surface area contributed by atoms with Gasteiger partial charge in [0, 0.05) is 4.91 Å². The minimum absolute atomic E-state index is 0.118. The summed E-state index contributed by atoms with van der Waals surface area (Å²) < 4.78 is 15.1. The number of benzene rings is 1. The van der Waals surface area contributed by atoms with E-state index < -0.39 is 23.6 Å². The molecule has 0 amide bonds. The van der Waals surface area contributed by atoms with Gasteiger partial charge in [0.05, 0.1) is 16.1 Å². The summed E-state index contributed by atoms with van der Waals surface area (Å²) in [7, 11) is -7.03. The zero-order chi connectivity index (χ0) is 14.9. The van der Waals surface area contributed by atoms with Gasteiger partial charge in [-0.3, -0.25) is 0 Å². The van der Waals surface area contributed by atoms with E-state index in [1.165, 1.54) is 5.80 Å². The van der Waals surface area contributed by atoms with E-state index in [0.29, 0.717) is 0 Å². The molecule has 0 aliphatic heterocycles. The Bertz CT molecular complexity index is 454. The van der Waals surface area contributed by atoms with Crippen LogP contribution in [-0.4, -0.2) is 31.7 Å². The van der Waals surface area contributed by atoms with Crippen molar-refractivity contribution in [1.29, 1.82) is 0 Å². The van der Waals surface area contributed by atoms with Crippen molar-refractivity contribution >= 4 is 29.4 Å². The molecule has 1 aromatic rings. The molecule has 0 aliphatic rings. The Kier molecular flexibility index (Phi) is 5.05. The van der Waals surface area contributed by atoms with E-state index in [-0.39, 0.29) is 4.91 Å². The third-order valence-electron chi connectivity index (χ3n) is 3.13. The maximum Gasteiger partial charge on any atom is 0.166 e. The Morgan fingerprint density at radius 1 is 1.00 bits per heavy atom. The second-order valence-corrected chi connectivity index (χ2v) is 21.6. The summed E-state index contributed by atoms with van der Waals surface area (Å²) in [6, 6.07) is 9.38. The zero-order valence-corrected chi connectivity index (χ0v) is 15.7. The molecule has 0 fully saturated rings. The molecule has 0 bridgehead atoms. The van der Waals surface area contributed by atoms with Gasteiger partial charge in [-0.2, -0.15) is 4.20 Å². The van der Waals surface area contributed by atoms with Crippen molar-refractivity contribution in [2.24, 2.45) is 0 Å². The molecule has 0 spiro atoms. The van der Waals surface area contributed by atoms with Gasteiger partial charge in [-0.25, -0.2) is 0 Å². The Morgan fingerprint density at radius 3 is 1.79 bits per heavy atom. The van der Waals surface area contributed by atoms with Gasteiger partial charge in [0.25, 0.3) is 0 Å². The van der Waals surface area contributed by atoms with Crippen molar-refractivity contribution in [2.75, 3.05) is 0 Å². The quantitative estimate of drug-likeness (QED) is 0.626. The van der Waals surface area contributed by atoms with Crippen LogP contribution in [-0.2, 0) is 0 Å². The topological polar surface area (TPSA) is 20.2 Å². The molecular weight excluding hydrogens is 290 g/mol. The molecule has 0 aliphatic carbocycles. The largest absolute Gasteiger partial charge is 0.350 e. The van der Waals surface area contributed by atoms with Crippen molar-refractivity contribution in [2.45, 2.75) is 44.2 Å². The Morgan fingerprint density at radius 2 is 1.42 bits per heavy atom. The summed E-state index contributed by atoms with van der Waals surface area (Å²) in [5, 5.41) is 0. The van der Waals surface area contributed by atoms with E-state index in [2.05, 4.69) is 39.3 Å². The lowest BCUT2D eigenvalue weighted by Crippen LogP contribution is -2.53. The van der Waals surface area contributed by atoms with Gasteiger partial charge in [0.15, 0.2) is 7.42 Å². The molecule has 0 saturated heterocycles. The minimum Gasteiger partial charge on any atom is -0.350 e. The summed E-state index contributed by atoms with van der Waals surface area (Å²) in [6.07, 6.45) is 0. The van der Waals surface area contributed by atoms with Crippen molar-refractivity contribution in [3.8, 4) is 0 Å². The highest BCUT2D eigenvalue weighted by molar-refractivity contribution is 7.71. The van der Waals surface area contributed by atoms with E-state index in [9.17, 15) is 4.89 Å². The van der Waals surface area contributed by atoms with Crippen LogP contribution in [0.5, 0.6) is 0 Å². The smallest absolute Gasteiger partial charge is 0.166 e. The SMILES string of the molecule is C[Si](C)(C)C([Si](C)(C)C)P(O)(F)=Cc1ccccc1. The first-order valence-electron chi connectivity index (χ1n) is 6.66. The maximum atomic E-state index is 15.1. The number of rotatable bonds is 4. The van der Waals surface area contributed by atoms with Crippen molar-refractivity contribution in [3.63, 3.8) is 0 Å². The highest BCUT2D eigenvalue weighted by atomic mass is 31.2. The molecule has 108 valence electrons. The molecule has 1 aromatic carbocycles. The number of hydrogen-bond acceptors (Lipinski definition) is 1. The number of halogens is 1. The first-order chi connectivity index (χ1) is 8.44. The molecule has 5 heteroatoms. The fourth-order valence-electron chi connectivity index (χ4n) is 3.21. The van der Waals surface area contributed by atoms with E-state index in [1.807, 2.05) is 30.3 Å². The minimum atomic E-state index is -3.52. The van der Waals surface area contributed by atoms with Crippen molar-refractivity contribution < 1.29 is 9.09 Å². The summed E-state index contributed by atoms with van der Waals surface area (Å²) in [5.41, 5.74) is 0.794. The highest BCUT2D eigenvalue weighted by Gasteiger charge is 2.46. The second-order valence-electron chi connectivity index (χ2n) is 7.33. The van der Waals surface area contributed by atoms with Crippen LogP contribution in [0.4, 0.5) is 4.20 Å². The Balaban J connectivity index is 3.33. The third kappa shape index (κ3) is 4.71. The van der Waals surface area contributed by atoms with Crippen LogP contribution in [0.25, 0.3) is 0 Å². The summed E-state index contributed by atoms with van der Waals surface area (Å²) in [4.78, 5) is 10.4. The van der Waals surface area contributed by atoms with Crippen LogP contribution in [0.15, 0.2) is 30.3 Å². The monoisotopic (exact) mass is 316 g/mol. The summed E-state index contributed by atoms with van der Waals surface area (Å²) in [5.74, 6) is 1.51. The van der Waals surface area contributed by atoms with Crippen LogP contribution in [0.3, 0.4) is 0 Å². The first-order valence-corrected chi connectivity index (χ1v) is 15.6. The van der Waals surface area contributed by atoms with Crippen LogP contribution in [0.1, 0.15) is 5.56 Å². The lowest BCUT2D eigenvalue weighted by Gasteiger charge is -2.41. The number of hydrogen-bond donors (Lipinski definition) is 1. The normalized spacial score (nSPS) is 16.3. The van der Waals surface area contributed by atoms with E-state index in [0.717, 1.165) is 5.56 Å². The average Bonchev–Trinajstić information content (AvgIpc) is 2.11. The second kappa shape index (κ2) is 5.68. The summed E-state index contributed by atoms with van der Waals surface area (Å²) in [6.45, 7) is 13.0. The molecule has 1 N–H and O–H groups in total. The van der Waals surface area contributed by atoms with Gasteiger partial charge in [-0.15, -0.1) is 0 Å². The Labute approximate surface area is 119 Å². The molecular formula is C14H26FOPSi2. The molecule has 0 radical (unpaired) electrons. The predicted molar refractivity (Wildman–Crippen MR) is 92.3 cm³/mol. The zero-order valence-electron chi connectivity index (χ0n) is 12.8. The molecule has 1 rings (SSSR count). The fraction of sp³-hybridized carbons (Fsp3) is 0.500. The molecule has 1 atom stereocenters. The molecule has 0 saturated carbocycles. The van der Waals surface area contributed by atoms with Crippen LogP contribution < -0.4 is 0 Å². The van der Waals surface area contributed by atoms with Gasteiger partial charge in [0.2, 0.25) is 0 Å². The van der Waals surface area contributed by atoms with Gasteiger partial charge < -0.3 is 4.89 Å². The molecule has 19 heavy (non-hydrogen) atoms. The summed E-state index contributed by atoms with van der Waals surface area (Å²) >= 11 is 0. The van der Waals surface area contributed by atoms with Gasteiger partial charge >= 0.3 is 0 Å². The van der Waals surface area contributed by atoms with Crippen molar-refractivity contribution in [1.82, 2.24) is 0 Å². The fourth-order valence-corrected chi connectivity index (χ4v) is 23.5. The van der Waals surface area contributed by atoms with E-state index in [1.54, 1.807) is 0 Å². The molecule has 0 heterocycles. The average molecular weight is 317 g/mol. The van der Waals surface area contributed by atoms with Crippen LogP contribution in [0, 0.1) is 0 Å². The van der Waals surface area contributed by atoms with E-state index >= 15 is 4.20 Å². The van der Waals surface area contributed by atoms with Crippen LogP contribution >= 0.6 is 7.42 Å². The van der Waals surface area contributed by atoms with Gasteiger partial charge in [-0.05, 0) is 11.4 Å². The Hall–Kier alpha value is -0.156. The first kappa shape index (κ1) is 16.9. The standard InChI is InChI=1S/C14H26FOPSi2/c1-18(2,3)14(19(4,5)6)17(15,16)12-13-10-8-7-9-11-13/h7-12,14,16H,1-6H3. The highest BCUT2D eigenvalue weighted by Crippen LogP contribution is 2.56. The van der Waals surface area contributed by atoms with E-state index in [4.69, 9.17) is 0 Å². The van der Waals surface area contributed by atoms with Gasteiger partial charge in [-0.1, -0.05) is 69.6 Å². The lowest BCUT2D eigenvalue weighted by molar-refractivity contribution is 0.562. The molecule has 1 unspecified atom stereocenters. The van der Waals surface area contributed by atoms with Crippen molar-refractivity contribution in [3.05, 3.63) is 35.9 Å². The lowest BCUT2D eigenvalue weighted by atomic mass is 10.2. The maximum absolute atomic E-state index is 15.1. The third-order valence-corrected chi connectivity index (χ3v) is 19.8. The predicted octanol–water partition coefficient (Wildman–Crippen LogP) is 4.77. The molecule has 0 aromatic heterocycles. The van der Waals surface area contributed by atoms with Gasteiger partial charge in [0.1, 0.15) is 0 Å².